The smallest absolute Gasteiger partial charge is 0.337 e. The molecule has 0 amide bonds. The standard InChI is InChI=1S/C17H24O2/c1-6-8-15(17(3,4)7-2)13-9-11-14(12-10-13)16(18)19-5/h8-12H,6-7H2,1-5H3. The summed E-state index contributed by atoms with van der Waals surface area (Å²) in [5.74, 6) is -0.290. The van der Waals surface area contributed by atoms with Crippen molar-refractivity contribution in [2.75, 3.05) is 7.11 Å². The van der Waals surface area contributed by atoms with Crippen molar-refractivity contribution in [3.8, 4) is 0 Å². The Morgan fingerprint density at radius 2 is 1.68 bits per heavy atom. The molecule has 0 aliphatic rings. The van der Waals surface area contributed by atoms with Crippen molar-refractivity contribution in [1.82, 2.24) is 0 Å². The fourth-order valence-electron chi connectivity index (χ4n) is 2.08. The van der Waals surface area contributed by atoms with Crippen molar-refractivity contribution in [2.45, 2.75) is 40.5 Å². The number of benzene rings is 1. The van der Waals surface area contributed by atoms with Gasteiger partial charge >= 0.3 is 5.97 Å². The second-order valence-electron chi connectivity index (χ2n) is 5.33. The van der Waals surface area contributed by atoms with Crippen molar-refractivity contribution in [1.29, 1.82) is 0 Å². The molecule has 0 radical (unpaired) electrons. The fraction of sp³-hybridized carbons (Fsp3) is 0.471. The molecule has 1 aromatic rings. The number of allylic oxidation sites excluding steroid dienone is 2. The molecule has 0 aliphatic carbocycles. The van der Waals surface area contributed by atoms with Crippen LogP contribution >= 0.6 is 0 Å². The maximum atomic E-state index is 11.4. The highest BCUT2D eigenvalue weighted by atomic mass is 16.5. The molecule has 0 aliphatic heterocycles. The van der Waals surface area contributed by atoms with Crippen LogP contribution in [-0.4, -0.2) is 13.1 Å². The van der Waals surface area contributed by atoms with Gasteiger partial charge in [0.05, 0.1) is 12.7 Å². The maximum Gasteiger partial charge on any atom is 0.337 e. The molecule has 0 saturated carbocycles. The van der Waals surface area contributed by atoms with Crippen molar-refractivity contribution >= 4 is 11.5 Å². The molecule has 1 aromatic carbocycles. The van der Waals surface area contributed by atoms with E-state index in [0.717, 1.165) is 12.8 Å². The van der Waals surface area contributed by atoms with Crippen LogP contribution in [0.15, 0.2) is 30.3 Å². The number of methoxy groups -OCH3 is 1. The summed E-state index contributed by atoms with van der Waals surface area (Å²) in [4.78, 5) is 11.4. The monoisotopic (exact) mass is 260 g/mol. The zero-order valence-electron chi connectivity index (χ0n) is 12.6. The summed E-state index contributed by atoms with van der Waals surface area (Å²) >= 11 is 0. The summed E-state index contributed by atoms with van der Waals surface area (Å²) < 4.78 is 4.72. The van der Waals surface area contributed by atoms with E-state index in [-0.39, 0.29) is 11.4 Å². The van der Waals surface area contributed by atoms with Crippen LogP contribution in [0.1, 0.15) is 56.5 Å². The summed E-state index contributed by atoms with van der Waals surface area (Å²) in [5, 5.41) is 0. The number of ether oxygens (including phenoxy) is 1. The predicted octanol–water partition coefficient (Wildman–Crippen LogP) is 4.70. The molecule has 0 N–H and O–H groups in total. The van der Waals surface area contributed by atoms with Gasteiger partial charge in [0.25, 0.3) is 0 Å². The minimum atomic E-state index is -0.290. The Bertz CT molecular complexity index is 453. The topological polar surface area (TPSA) is 26.3 Å². The van der Waals surface area contributed by atoms with E-state index in [2.05, 4.69) is 33.8 Å². The van der Waals surface area contributed by atoms with Gasteiger partial charge in [0.15, 0.2) is 0 Å². The van der Waals surface area contributed by atoms with E-state index in [0.29, 0.717) is 5.56 Å². The molecule has 0 saturated heterocycles. The van der Waals surface area contributed by atoms with Gasteiger partial charge in [-0.2, -0.15) is 0 Å². The summed E-state index contributed by atoms with van der Waals surface area (Å²) in [6.45, 7) is 8.85. The third-order valence-corrected chi connectivity index (χ3v) is 3.64. The Labute approximate surface area is 116 Å². The third kappa shape index (κ3) is 3.69. The molecule has 104 valence electrons. The molecule has 1 rings (SSSR count). The SMILES string of the molecule is CCC=C(c1ccc(C(=O)OC)cc1)C(C)(C)CC. The van der Waals surface area contributed by atoms with Crippen LogP contribution in [0, 0.1) is 5.41 Å². The first kappa shape index (κ1) is 15.5. The van der Waals surface area contributed by atoms with Gasteiger partial charge in [0.2, 0.25) is 0 Å². The van der Waals surface area contributed by atoms with Crippen LogP contribution < -0.4 is 0 Å². The first-order valence-electron chi connectivity index (χ1n) is 6.85. The Kier molecular flexibility index (Phi) is 5.34. The second-order valence-corrected chi connectivity index (χ2v) is 5.33. The number of hydrogen-bond donors (Lipinski definition) is 0. The van der Waals surface area contributed by atoms with Gasteiger partial charge in [-0.05, 0) is 41.5 Å². The second kappa shape index (κ2) is 6.55. The summed E-state index contributed by atoms with van der Waals surface area (Å²) in [6, 6.07) is 7.67. The normalized spacial score (nSPS) is 12.4. The first-order valence-corrected chi connectivity index (χ1v) is 6.85. The molecule has 19 heavy (non-hydrogen) atoms. The number of esters is 1. The minimum Gasteiger partial charge on any atom is -0.465 e. The molecule has 0 spiro atoms. The van der Waals surface area contributed by atoms with Crippen LogP contribution in [0.25, 0.3) is 5.57 Å². The fourth-order valence-corrected chi connectivity index (χ4v) is 2.08. The maximum absolute atomic E-state index is 11.4. The van der Waals surface area contributed by atoms with Crippen molar-refractivity contribution in [3.05, 3.63) is 41.5 Å². The predicted molar refractivity (Wildman–Crippen MR) is 80.1 cm³/mol. The van der Waals surface area contributed by atoms with E-state index in [1.807, 2.05) is 24.3 Å². The zero-order valence-corrected chi connectivity index (χ0v) is 12.6. The lowest BCUT2D eigenvalue weighted by atomic mass is 9.77. The summed E-state index contributed by atoms with van der Waals surface area (Å²) in [6.07, 6.45) is 4.37. The average molecular weight is 260 g/mol. The van der Waals surface area contributed by atoms with E-state index in [1.165, 1.54) is 18.2 Å². The number of carbonyl (C=O) groups is 1. The summed E-state index contributed by atoms with van der Waals surface area (Å²) in [5.41, 5.74) is 3.26. The molecular weight excluding hydrogens is 236 g/mol. The van der Waals surface area contributed by atoms with E-state index in [9.17, 15) is 4.79 Å². The first-order chi connectivity index (χ1) is 8.96. The zero-order chi connectivity index (χ0) is 14.5. The Morgan fingerprint density at radius 3 is 2.11 bits per heavy atom. The highest BCUT2D eigenvalue weighted by Gasteiger charge is 2.22. The molecule has 0 aromatic heterocycles. The molecule has 2 nitrogen and oxygen atoms in total. The Morgan fingerprint density at radius 1 is 1.16 bits per heavy atom. The van der Waals surface area contributed by atoms with E-state index < -0.39 is 0 Å². The van der Waals surface area contributed by atoms with Gasteiger partial charge in [0, 0.05) is 0 Å². The van der Waals surface area contributed by atoms with Crippen molar-refractivity contribution in [3.63, 3.8) is 0 Å². The van der Waals surface area contributed by atoms with Gasteiger partial charge in [-0.1, -0.05) is 45.9 Å². The van der Waals surface area contributed by atoms with Gasteiger partial charge in [0.1, 0.15) is 0 Å². The highest BCUT2D eigenvalue weighted by Crippen LogP contribution is 2.37. The molecule has 0 bridgehead atoms. The molecule has 0 heterocycles. The molecule has 0 unspecified atom stereocenters. The Hall–Kier alpha value is -1.57. The lowest BCUT2D eigenvalue weighted by Gasteiger charge is -2.27. The number of rotatable bonds is 5. The third-order valence-electron chi connectivity index (χ3n) is 3.64. The molecule has 0 fully saturated rings. The quantitative estimate of drug-likeness (QED) is 0.717. The average Bonchev–Trinajstić information content (AvgIpc) is 2.44. The highest BCUT2D eigenvalue weighted by molar-refractivity contribution is 5.89. The lowest BCUT2D eigenvalue weighted by molar-refractivity contribution is 0.0600. The molecule has 2 heteroatoms. The van der Waals surface area contributed by atoms with Crippen LogP contribution in [0.2, 0.25) is 0 Å². The van der Waals surface area contributed by atoms with E-state index in [1.54, 1.807) is 0 Å². The van der Waals surface area contributed by atoms with Crippen molar-refractivity contribution < 1.29 is 9.53 Å². The van der Waals surface area contributed by atoms with E-state index in [4.69, 9.17) is 4.74 Å². The van der Waals surface area contributed by atoms with Gasteiger partial charge in [-0.3, -0.25) is 0 Å². The van der Waals surface area contributed by atoms with Gasteiger partial charge in [-0.25, -0.2) is 4.79 Å². The molecule has 0 atom stereocenters. The number of hydrogen-bond acceptors (Lipinski definition) is 2. The van der Waals surface area contributed by atoms with Crippen LogP contribution in [0.4, 0.5) is 0 Å². The Balaban J connectivity index is 3.13. The van der Waals surface area contributed by atoms with Gasteiger partial charge < -0.3 is 4.74 Å². The van der Waals surface area contributed by atoms with Gasteiger partial charge in [-0.15, -0.1) is 0 Å². The largest absolute Gasteiger partial charge is 0.465 e. The van der Waals surface area contributed by atoms with Crippen LogP contribution in [0.3, 0.4) is 0 Å². The van der Waals surface area contributed by atoms with Crippen LogP contribution in [-0.2, 0) is 4.74 Å². The van der Waals surface area contributed by atoms with Crippen LogP contribution in [0.5, 0.6) is 0 Å². The van der Waals surface area contributed by atoms with E-state index >= 15 is 0 Å². The minimum absolute atomic E-state index is 0.142. The van der Waals surface area contributed by atoms with Crippen molar-refractivity contribution in [2.24, 2.45) is 5.41 Å². The molecular formula is C17H24O2. The summed E-state index contributed by atoms with van der Waals surface area (Å²) in [7, 11) is 1.40. The lowest BCUT2D eigenvalue weighted by Crippen LogP contribution is -2.12. The number of carbonyl (C=O) groups excluding carboxylic acids is 1.